The molecule has 0 amide bonds. The van der Waals surface area contributed by atoms with Crippen molar-refractivity contribution in [2.45, 2.75) is 32.7 Å². The predicted octanol–water partition coefficient (Wildman–Crippen LogP) is 6.12. The highest BCUT2D eigenvalue weighted by Crippen LogP contribution is 2.32. The number of nitro groups is 1. The standard InChI is InChI=1S/C27H27N3O4/c1-3-4-7-16-29(26-17-22(27(31)34-2)14-15-25(26)30(32)33)19-20-10-12-21(13-11-20)24-9-6-5-8-23(24)18-28/h5-6,8-15,17H,3-4,7,16,19H2,1-2H3. The van der Waals surface area contributed by atoms with Crippen molar-refractivity contribution in [3.05, 3.63) is 93.5 Å². The third-order valence-corrected chi connectivity index (χ3v) is 5.65. The van der Waals surface area contributed by atoms with E-state index in [0.717, 1.165) is 36.0 Å². The minimum absolute atomic E-state index is 0.0521. The summed E-state index contributed by atoms with van der Waals surface area (Å²) in [5.74, 6) is -0.537. The van der Waals surface area contributed by atoms with Gasteiger partial charge in [-0.25, -0.2) is 4.79 Å². The third-order valence-electron chi connectivity index (χ3n) is 5.65. The van der Waals surface area contributed by atoms with Gasteiger partial charge in [-0.15, -0.1) is 0 Å². The quantitative estimate of drug-likeness (QED) is 0.158. The predicted molar refractivity (Wildman–Crippen MR) is 132 cm³/mol. The van der Waals surface area contributed by atoms with E-state index in [4.69, 9.17) is 4.74 Å². The molecule has 0 atom stereocenters. The molecule has 0 heterocycles. The first kappa shape index (κ1) is 24.5. The van der Waals surface area contributed by atoms with Crippen molar-refractivity contribution in [1.29, 1.82) is 5.26 Å². The molecule has 174 valence electrons. The number of carbonyl (C=O) groups excluding carboxylic acids is 1. The molecule has 3 aromatic carbocycles. The van der Waals surface area contributed by atoms with Gasteiger partial charge in [0.15, 0.2) is 0 Å². The second-order valence-corrected chi connectivity index (χ2v) is 7.94. The maximum atomic E-state index is 12.1. The van der Waals surface area contributed by atoms with E-state index in [2.05, 4.69) is 13.0 Å². The molecule has 0 radical (unpaired) electrons. The molecule has 0 N–H and O–H groups in total. The highest BCUT2D eigenvalue weighted by Gasteiger charge is 2.22. The number of anilines is 1. The van der Waals surface area contributed by atoms with E-state index >= 15 is 0 Å². The van der Waals surface area contributed by atoms with Gasteiger partial charge in [0.05, 0.1) is 29.2 Å². The number of unbranched alkanes of at least 4 members (excludes halogenated alkanes) is 2. The number of esters is 1. The molecule has 0 aromatic heterocycles. The normalized spacial score (nSPS) is 10.4. The summed E-state index contributed by atoms with van der Waals surface area (Å²) in [6.07, 6.45) is 2.87. The summed E-state index contributed by atoms with van der Waals surface area (Å²) in [6.45, 7) is 3.15. The van der Waals surface area contributed by atoms with E-state index in [1.165, 1.54) is 25.3 Å². The van der Waals surface area contributed by atoms with Gasteiger partial charge in [-0.3, -0.25) is 10.1 Å². The van der Waals surface area contributed by atoms with Gasteiger partial charge in [0, 0.05) is 19.2 Å². The Kier molecular flexibility index (Phi) is 8.36. The number of rotatable bonds is 10. The van der Waals surface area contributed by atoms with Crippen LogP contribution in [0.15, 0.2) is 66.7 Å². The van der Waals surface area contributed by atoms with E-state index in [0.29, 0.717) is 24.3 Å². The van der Waals surface area contributed by atoms with E-state index in [1.807, 2.05) is 47.4 Å². The zero-order valence-electron chi connectivity index (χ0n) is 19.4. The van der Waals surface area contributed by atoms with Crippen LogP contribution in [0, 0.1) is 21.4 Å². The largest absolute Gasteiger partial charge is 0.465 e. The lowest BCUT2D eigenvalue weighted by atomic mass is 9.99. The molecule has 7 heteroatoms. The highest BCUT2D eigenvalue weighted by atomic mass is 16.6. The molecule has 0 aliphatic heterocycles. The fourth-order valence-corrected chi connectivity index (χ4v) is 3.86. The van der Waals surface area contributed by atoms with E-state index in [1.54, 1.807) is 6.07 Å². The molecule has 3 rings (SSSR count). The molecule has 3 aromatic rings. The molecule has 0 saturated heterocycles. The number of nitrogens with zero attached hydrogens (tertiary/aromatic N) is 3. The van der Waals surface area contributed by atoms with Crippen LogP contribution in [0.3, 0.4) is 0 Å². The Morgan fingerprint density at radius 1 is 1.09 bits per heavy atom. The summed E-state index contributed by atoms with van der Waals surface area (Å²) in [5, 5.41) is 21.1. The Labute approximate surface area is 199 Å². The molecular weight excluding hydrogens is 430 g/mol. The van der Waals surface area contributed by atoms with Crippen LogP contribution in [0.25, 0.3) is 11.1 Å². The summed E-state index contributed by atoms with van der Waals surface area (Å²) in [7, 11) is 1.29. The van der Waals surface area contributed by atoms with Crippen LogP contribution in [0.1, 0.15) is 47.7 Å². The number of methoxy groups -OCH3 is 1. The zero-order valence-corrected chi connectivity index (χ0v) is 19.4. The molecule has 0 fully saturated rings. The Bertz CT molecular complexity index is 1200. The summed E-state index contributed by atoms with van der Waals surface area (Å²) >= 11 is 0. The van der Waals surface area contributed by atoms with Gasteiger partial charge >= 0.3 is 5.97 Å². The van der Waals surface area contributed by atoms with Crippen LogP contribution in [0.5, 0.6) is 0 Å². The second kappa shape index (κ2) is 11.6. The molecule has 0 spiro atoms. The Morgan fingerprint density at radius 3 is 2.47 bits per heavy atom. The first-order valence-electron chi connectivity index (χ1n) is 11.2. The lowest BCUT2D eigenvalue weighted by molar-refractivity contribution is -0.384. The Morgan fingerprint density at radius 2 is 1.82 bits per heavy atom. The summed E-state index contributed by atoms with van der Waals surface area (Å²) < 4.78 is 4.81. The molecule has 0 aliphatic rings. The SMILES string of the molecule is CCCCCN(Cc1ccc(-c2ccccc2C#N)cc1)c1cc(C(=O)OC)ccc1[N+](=O)[O-]. The van der Waals surface area contributed by atoms with Crippen molar-refractivity contribution >= 4 is 17.3 Å². The number of nitriles is 1. The van der Waals surface area contributed by atoms with Crippen LogP contribution in [-0.2, 0) is 11.3 Å². The number of hydrogen-bond acceptors (Lipinski definition) is 6. The summed E-state index contributed by atoms with van der Waals surface area (Å²) in [5.41, 5.74) is 3.97. The average molecular weight is 458 g/mol. The molecule has 0 bridgehead atoms. The van der Waals surface area contributed by atoms with E-state index in [9.17, 15) is 20.2 Å². The molecule has 0 aliphatic carbocycles. The van der Waals surface area contributed by atoms with Crippen molar-refractivity contribution in [1.82, 2.24) is 0 Å². The maximum Gasteiger partial charge on any atom is 0.337 e. The number of nitro benzene ring substituents is 1. The minimum Gasteiger partial charge on any atom is -0.465 e. The molecule has 0 unspecified atom stereocenters. The van der Waals surface area contributed by atoms with Crippen LogP contribution in [-0.4, -0.2) is 24.5 Å². The average Bonchev–Trinajstić information content (AvgIpc) is 2.87. The first-order chi connectivity index (χ1) is 16.5. The number of benzene rings is 3. The van der Waals surface area contributed by atoms with Gasteiger partial charge < -0.3 is 9.64 Å². The van der Waals surface area contributed by atoms with Gasteiger partial charge in [0.25, 0.3) is 5.69 Å². The lowest BCUT2D eigenvalue weighted by Crippen LogP contribution is -2.25. The van der Waals surface area contributed by atoms with Gasteiger partial charge in [0.1, 0.15) is 5.69 Å². The molecule has 7 nitrogen and oxygen atoms in total. The fourth-order valence-electron chi connectivity index (χ4n) is 3.86. The van der Waals surface area contributed by atoms with Crippen LogP contribution >= 0.6 is 0 Å². The zero-order chi connectivity index (χ0) is 24.5. The van der Waals surface area contributed by atoms with Crippen molar-refractivity contribution in [2.75, 3.05) is 18.6 Å². The van der Waals surface area contributed by atoms with Crippen molar-refractivity contribution < 1.29 is 14.5 Å². The second-order valence-electron chi connectivity index (χ2n) is 7.94. The lowest BCUT2D eigenvalue weighted by Gasteiger charge is -2.25. The minimum atomic E-state index is -0.537. The topological polar surface area (TPSA) is 96.5 Å². The monoisotopic (exact) mass is 457 g/mol. The van der Waals surface area contributed by atoms with Crippen LogP contribution in [0.2, 0.25) is 0 Å². The number of hydrogen-bond donors (Lipinski definition) is 0. The maximum absolute atomic E-state index is 12.1. The van der Waals surface area contributed by atoms with Crippen molar-refractivity contribution in [3.63, 3.8) is 0 Å². The number of ether oxygens (including phenoxy) is 1. The fraction of sp³-hybridized carbons (Fsp3) is 0.259. The van der Waals surface area contributed by atoms with Crippen molar-refractivity contribution in [3.8, 4) is 17.2 Å². The van der Waals surface area contributed by atoms with Crippen LogP contribution in [0.4, 0.5) is 11.4 Å². The smallest absolute Gasteiger partial charge is 0.337 e. The summed E-state index contributed by atoms with van der Waals surface area (Å²) in [6, 6.07) is 21.8. The van der Waals surface area contributed by atoms with E-state index in [-0.39, 0.29) is 11.3 Å². The first-order valence-corrected chi connectivity index (χ1v) is 11.2. The Hall–Kier alpha value is -4.18. The summed E-state index contributed by atoms with van der Waals surface area (Å²) in [4.78, 5) is 25.4. The van der Waals surface area contributed by atoms with Gasteiger partial charge in [0.2, 0.25) is 0 Å². The Balaban J connectivity index is 1.95. The van der Waals surface area contributed by atoms with Gasteiger partial charge in [-0.2, -0.15) is 5.26 Å². The molecule has 34 heavy (non-hydrogen) atoms. The molecular formula is C27H27N3O4. The van der Waals surface area contributed by atoms with E-state index < -0.39 is 10.9 Å². The van der Waals surface area contributed by atoms with Gasteiger partial charge in [-0.05, 0) is 41.3 Å². The molecule has 0 saturated carbocycles. The highest BCUT2D eigenvalue weighted by molar-refractivity contribution is 5.91. The van der Waals surface area contributed by atoms with Gasteiger partial charge in [-0.1, -0.05) is 62.2 Å². The third kappa shape index (κ3) is 5.78. The van der Waals surface area contributed by atoms with Crippen molar-refractivity contribution in [2.24, 2.45) is 0 Å². The number of carbonyl (C=O) groups is 1. The van der Waals surface area contributed by atoms with Crippen LogP contribution < -0.4 is 4.90 Å².